The van der Waals surface area contributed by atoms with Crippen molar-refractivity contribution in [3.05, 3.63) is 88.8 Å². The quantitative estimate of drug-likeness (QED) is 0.506. The Hall–Kier alpha value is -3.88. The van der Waals surface area contributed by atoms with E-state index in [1.165, 1.54) is 29.1 Å². The highest BCUT2D eigenvalue weighted by Gasteiger charge is 2.30. The zero-order valence-corrected chi connectivity index (χ0v) is 15.7. The van der Waals surface area contributed by atoms with Gasteiger partial charge >= 0.3 is 6.18 Å². The molecule has 30 heavy (non-hydrogen) atoms. The Morgan fingerprint density at radius 3 is 2.27 bits per heavy atom. The van der Waals surface area contributed by atoms with E-state index in [2.05, 4.69) is 10.2 Å². The van der Waals surface area contributed by atoms with Crippen LogP contribution in [0.1, 0.15) is 5.56 Å². The molecule has 0 aliphatic heterocycles. The number of halogens is 3. The average molecular weight is 412 g/mol. The number of hydrogen-bond acceptors (Lipinski definition) is 4. The first-order valence-electron chi connectivity index (χ1n) is 8.83. The standard InChI is InChI=1S/C21H15F3N4O2/c1-30-17-7-3-6-16(13-17)27-10-8-18(25-27)20-19(29)9-11-28(26-20)15-5-2-4-14(12-15)21(22,23)24/h2-13H,1H3. The fourth-order valence-electron chi connectivity index (χ4n) is 2.90. The molecule has 0 radical (unpaired) electrons. The third-order valence-corrected chi connectivity index (χ3v) is 4.40. The van der Waals surface area contributed by atoms with Crippen LogP contribution in [0, 0.1) is 0 Å². The van der Waals surface area contributed by atoms with Crippen molar-refractivity contribution in [2.75, 3.05) is 7.11 Å². The highest BCUT2D eigenvalue weighted by molar-refractivity contribution is 5.54. The maximum Gasteiger partial charge on any atom is 0.416 e. The van der Waals surface area contributed by atoms with Gasteiger partial charge in [-0.2, -0.15) is 23.4 Å². The van der Waals surface area contributed by atoms with Crippen molar-refractivity contribution in [2.24, 2.45) is 0 Å². The summed E-state index contributed by atoms with van der Waals surface area (Å²) < 4.78 is 47.0. The summed E-state index contributed by atoms with van der Waals surface area (Å²) in [6, 6.07) is 14.7. The molecule has 0 amide bonds. The van der Waals surface area contributed by atoms with Gasteiger partial charge in [-0.05, 0) is 36.4 Å². The number of hydrogen-bond donors (Lipinski definition) is 0. The largest absolute Gasteiger partial charge is 0.497 e. The van der Waals surface area contributed by atoms with Gasteiger partial charge in [0, 0.05) is 24.5 Å². The predicted octanol–water partition coefficient (Wildman–Crippen LogP) is 4.11. The van der Waals surface area contributed by atoms with Crippen LogP contribution in [0.15, 0.2) is 77.9 Å². The Labute approximate surface area is 168 Å². The van der Waals surface area contributed by atoms with E-state index in [9.17, 15) is 18.0 Å². The lowest BCUT2D eigenvalue weighted by Gasteiger charge is -2.10. The van der Waals surface area contributed by atoms with Crippen LogP contribution >= 0.6 is 0 Å². The van der Waals surface area contributed by atoms with Gasteiger partial charge in [0.25, 0.3) is 0 Å². The minimum absolute atomic E-state index is 0.0246. The van der Waals surface area contributed by atoms with Crippen LogP contribution < -0.4 is 10.2 Å². The van der Waals surface area contributed by atoms with Gasteiger partial charge in [0.2, 0.25) is 5.43 Å². The molecule has 0 unspecified atom stereocenters. The summed E-state index contributed by atoms with van der Waals surface area (Å²) in [7, 11) is 1.55. The molecule has 0 saturated carbocycles. The molecule has 0 spiro atoms. The van der Waals surface area contributed by atoms with Crippen molar-refractivity contribution in [1.82, 2.24) is 19.6 Å². The number of rotatable bonds is 4. The van der Waals surface area contributed by atoms with Gasteiger partial charge in [0.1, 0.15) is 11.4 Å². The van der Waals surface area contributed by atoms with E-state index in [4.69, 9.17) is 4.74 Å². The van der Waals surface area contributed by atoms with Gasteiger partial charge < -0.3 is 4.74 Å². The summed E-state index contributed by atoms with van der Waals surface area (Å²) in [6.07, 6.45) is -1.50. The SMILES string of the molecule is COc1cccc(-n2ccc(-c3nn(-c4cccc(C(F)(F)F)c4)ccc3=O)n2)c1. The fourth-order valence-corrected chi connectivity index (χ4v) is 2.90. The first-order chi connectivity index (χ1) is 14.3. The minimum atomic E-state index is -4.48. The van der Waals surface area contributed by atoms with Crippen LogP contribution in [0.2, 0.25) is 0 Å². The number of benzene rings is 2. The van der Waals surface area contributed by atoms with Crippen molar-refractivity contribution >= 4 is 0 Å². The smallest absolute Gasteiger partial charge is 0.416 e. The molecule has 0 N–H and O–H groups in total. The van der Waals surface area contributed by atoms with Crippen molar-refractivity contribution in [1.29, 1.82) is 0 Å². The molecule has 9 heteroatoms. The van der Waals surface area contributed by atoms with Crippen LogP contribution in [0.4, 0.5) is 13.2 Å². The van der Waals surface area contributed by atoms with Crippen LogP contribution in [-0.4, -0.2) is 26.7 Å². The van der Waals surface area contributed by atoms with Gasteiger partial charge in [-0.3, -0.25) is 4.79 Å². The lowest BCUT2D eigenvalue weighted by molar-refractivity contribution is -0.137. The second-order valence-electron chi connectivity index (χ2n) is 6.37. The first-order valence-corrected chi connectivity index (χ1v) is 8.83. The highest BCUT2D eigenvalue weighted by atomic mass is 19.4. The molecule has 2 heterocycles. The van der Waals surface area contributed by atoms with Gasteiger partial charge in [0.05, 0.1) is 24.0 Å². The lowest BCUT2D eigenvalue weighted by Crippen LogP contribution is -2.14. The Kier molecular flexibility index (Phi) is 4.86. The molecular weight excluding hydrogens is 397 g/mol. The van der Waals surface area contributed by atoms with E-state index in [0.29, 0.717) is 11.4 Å². The van der Waals surface area contributed by atoms with Crippen molar-refractivity contribution in [3.8, 4) is 28.5 Å². The molecule has 0 aliphatic carbocycles. The molecule has 2 aromatic heterocycles. The van der Waals surface area contributed by atoms with Gasteiger partial charge in [0.15, 0.2) is 5.69 Å². The number of aromatic nitrogens is 4. The highest BCUT2D eigenvalue weighted by Crippen LogP contribution is 2.30. The van der Waals surface area contributed by atoms with Crippen molar-refractivity contribution in [3.63, 3.8) is 0 Å². The zero-order chi connectivity index (χ0) is 21.3. The van der Waals surface area contributed by atoms with Gasteiger partial charge in [-0.1, -0.05) is 12.1 Å². The van der Waals surface area contributed by atoms with Crippen LogP contribution in [0.5, 0.6) is 5.75 Å². The van der Waals surface area contributed by atoms with Crippen LogP contribution in [0.25, 0.3) is 22.8 Å². The molecule has 4 aromatic rings. The summed E-state index contributed by atoms with van der Waals surface area (Å²) in [4.78, 5) is 12.4. The zero-order valence-electron chi connectivity index (χ0n) is 15.7. The lowest BCUT2D eigenvalue weighted by atomic mass is 10.2. The summed E-state index contributed by atoms with van der Waals surface area (Å²) in [5.41, 5.74) is 0.0206. The Balaban J connectivity index is 1.73. The minimum Gasteiger partial charge on any atom is -0.497 e. The molecule has 4 rings (SSSR count). The van der Waals surface area contributed by atoms with E-state index in [0.717, 1.165) is 17.8 Å². The van der Waals surface area contributed by atoms with Gasteiger partial charge in [-0.15, -0.1) is 0 Å². The summed E-state index contributed by atoms with van der Waals surface area (Å²) >= 11 is 0. The van der Waals surface area contributed by atoms with E-state index in [-0.39, 0.29) is 11.4 Å². The number of ether oxygens (including phenoxy) is 1. The molecule has 152 valence electrons. The third kappa shape index (κ3) is 3.82. The molecule has 0 saturated heterocycles. The number of alkyl halides is 3. The van der Waals surface area contributed by atoms with Crippen LogP contribution in [-0.2, 0) is 6.18 Å². The Morgan fingerprint density at radius 1 is 0.867 bits per heavy atom. The summed E-state index contributed by atoms with van der Waals surface area (Å²) in [5, 5.41) is 8.60. The first kappa shape index (κ1) is 19.4. The second-order valence-corrected chi connectivity index (χ2v) is 6.37. The molecular formula is C21H15F3N4O2. The molecule has 0 bridgehead atoms. The average Bonchev–Trinajstić information content (AvgIpc) is 3.24. The molecule has 6 nitrogen and oxygen atoms in total. The van der Waals surface area contributed by atoms with E-state index >= 15 is 0 Å². The topological polar surface area (TPSA) is 61.9 Å². The Bertz CT molecular complexity index is 1260. The summed E-state index contributed by atoms with van der Waals surface area (Å²) in [6.45, 7) is 0. The maximum absolute atomic E-state index is 13.0. The molecule has 0 aliphatic rings. The van der Waals surface area contributed by atoms with Crippen molar-refractivity contribution < 1.29 is 17.9 Å². The monoisotopic (exact) mass is 412 g/mol. The molecule has 0 fully saturated rings. The van der Waals surface area contributed by atoms with E-state index < -0.39 is 17.2 Å². The van der Waals surface area contributed by atoms with Crippen LogP contribution in [0.3, 0.4) is 0 Å². The maximum atomic E-state index is 13.0. The summed E-state index contributed by atoms with van der Waals surface area (Å²) in [5.74, 6) is 0.647. The molecule has 0 atom stereocenters. The number of nitrogens with zero attached hydrogens (tertiary/aromatic N) is 4. The van der Waals surface area contributed by atoms with E-state index in [1.807, 2.05) is 6.07 Å². The Morgan fingerprint density at radius 2 is 1.53 bits per heavy atom. The number of methoxy groups -OCH3 is 1. The van der Waals surface area contributed by atoms with Crippen molar-refractivity contribution in [2.45, 2.75) is 6.18 Å². The normalized spacial score (nSPS) is 11.5. The van der Waals surface area contributed by atoms with Gasteiger partial charge in [-0.25, -0.2) is 9.36 Å². The van der Waals surface area contributed by atoms with E-state index in [1.54, 1.807) is 42.3 Å². The fraction of sp³-hybridized carbons (Fsp3) is 0.0952. The predicted molar refractivity (Wildman–Crippen MR) is 104 cm³/mol. The second kappa shape index (κ2) is 7.51. The third-order valence-electron chi connectivity index (χ3n) is 4.40. The molecule has 2 aromatic carbocycles.